The van der Waals surface area contributed by atoms with E-state index < -0.39 is 0 Å². The van der Waals surface area contributed by atoms with Gasteiger partial charge in [0.25, 0.3) is 5.91 Å². The molecule has 1 fully saturated rings. The summed E-state index contributed by atoms with van der Waals surface area (Å²) in [7, 11) is 0. The maximum Gasteiger partial charge on any atom is 0.253 e. The van der Waals surface area contributed by atoms with Crippen molar-refractivity contribution in [3.8, 4) is 11.3 Å². The molecule has 29 heavy (non-hydrogen) atoms. The van der Waals surface area contributed by atoms with Crippen molar-refractivity contribution >= 4 is 5.91 Å². The zero-order valence-electron chi connectivity index (χ0n) is 17.3. The molecule has 0 radical (unpaired) electrons. The molecule has 0 atom stereocenters. The Morgan fingerprint density at radius 1 is 0.931 bits per heavy atom. The highest BCUT2D eigenvalue weighted by Gasteiger charge is 2.22. The second kappa shape index (κ2) is 8.66. The number of amides is 1. The Morgan fingerprint density at radius 3 is 2.41 bits per heavy atom. The summed E-state index contributed by atoms with van der Waals surface area (Å²) in [5.74, 6) is 0.155. The minimum Gasteiger partial charge on any atom is -0.358 e. The molecule has 4 nitrogen and oxygen atoms in total. The predicted octanol–water partition coefficient (Wildman–Crippen LogP) is 4.30. The minimum atomic E-state index is 0.155. The molecule has 0 spiro atoms. The van der Waals surface area contributed by atoms with Gasteiger partial charge in [-0.05, 0) is 49.6 Å². The van der Waals surface area contributed by atoms with Crippen LogP contribution in [0.1, 0.15) is 27.2 Å². The average Bonchev–Trinajstić information content (AvgIpc) is 3.13. The molecule has 0 bridgehead atoms. The molecule has 0 saturated carbocycles. The monoisotopic (exact) mass is 387 g/mol. The summed E-state index contributed by atoms with van der Waals surface area (Å²) in [4.78, 5) is 20.7. The number of piperazine rings is 1. The van der Waals surface area contributed by atoms with E-state index in [1.807, 2.05) is 42.2 Å². The highest BCUT2D eigenvalue weighted by Crippen LogP contribution is 2.22. The van der Waals surface area contributed by atoms with Crippen LogP contribution >= 0.6 is 0 Å². The van der Waals surface area contributed by atoms with Gasteiger partial charge >= 0.3 is 0 Å². The highest BCUT2D eigenvalue weighted by molar-refractivity contribution is 5.94. The van der Waals surface area contributed by atoms with Gasteiger partial charge in [-0.15, -0.1) is 0 Å². The van der Waals surface area contributed by atoms with Crippen molar-refractivity contribution in [2.24, 2.45) is 0 Å². The number of hydrogen-bond acceptors (Lipinski definition) is 2. The molecular weight excluding hydrogens is 358 g/mol. The Morgan fingerprint density at radius 2 is 1.69 bits per heavy atom. The Balaban J connectivity index is 1.30. The lowest BCUT2D eigenvalue weighted by atomic mass is 10.1. The summed E-state index contributed by atoms with van der Waals surface area (Å²) in [6.07, 6.45) is 1.03. The molecule has 1 amide bonds. The van der Waals surface area contributed by atoms with Crippen molar-refractivity contribution < 1.29 is 4.79 Å². The fourth-order valence-corrected chi connectivity index (χ4v) is 4.05. The van der Waals surface area contributed by atoms with Gasteiger partial charge in [0.1, 0.15) is 0 Å². The van der Waals surface area contributed by atoms with Gasteiger partial charge in [-0.3, -0.25) is 9.69 Å². The van der Waals surface area contributed by atoms with Crippen LogP contribution in [0.4, 0.5) is 0 Å². The van der Waals surface area contributed by atoms with Crippen LogP contribution in [0.5, 0.6) is 0 Å². The molecule has 1 aliphatic rings. The van der Waals surface area contributed by atoms with E-state index in [0.29, 0.717) is 0 Å². The van der Waals surface area contributed by atoms with Crippen LogP contribution in [0.25, 0.3) is 11.3 Å². The first kappa shape index (κ1) is 19.5. The van der Waals surface area contributed by atoms with Crippen LogP contribution in [-0.4, -0.2) is 53.4 Å². The van der Waals surface area contributed by atoms with Crippen molar-refractivity contribution in [2.45, 2.75) is 20.3 Å². The van der Waals surface area contributed by atoms with Gasteiger partial charge in [0.15, 0.2) is 0 Å². The normalized spacial score (nSPS) is 14.9. The third-order valence-electron chi connectivity index (χ3n) is 5.83. The number of H-pyrrole nitrogens is 1. The molecule has 1 N–H and O–H groups in total. The third-order valence-corrected chi connectivity index (χ3v) is 5.83. The summed E-state index contributed by atoms with van der Waals surface area (Å²) < 4.78 is 0. The quantitative estimate of drug-likeness (QED) is 0.709. The van der Waals surface area contributed by atoms with E-state index in [2.05, 4.69) is 47.1 Å². The number of carbonyl (C=O) groups excluding carboxylic acids is 1. The summed E-state index contributed by atoms with van der Waals surface area (Å²) in [6.45, 7) is 8.68. The second-order valence-corrected chi connectivity index (χ2v) is 7.95. The molecule has 1 aromatic heterocycles. The topological polar surface area (TPSA) is 39.3 Å². The zero-order chi connectivity index (χ0) is 20.2. The van der Waals surface area contributed by atoms with E-state index in [-0.39, 0.29) is 5.91 Å². The number of hydrogen-bond donors (Lipinski definition) is 1. The Kier molecular flexibility index (Phi) is 5.81. The van der Waals surface area contributed by atoms with E-state index >= 15 is 0 Å². The summed E-state index contributed by atoms with van der Waals surface area (Å²) >= 11 is 0. The van der Waals surface area contributed by atoms with Crippen LogP contribution < -0.4 is 0 Å². The lowest BCUT2D eigenvalue weighted by Crippen LogP contribution is -2.49. The standard InChI is InChI=1S/C25H29N3O/c1-19-7-6-10-23(17-19)25(29)28-15-13-27(14-16-28)12-11-22-18-24(26-20(22)2)21-8-4-3-5-9-21/h3-10,17-18,26H,11-16H2,1-2H3. The Hall–Kier alpha value is -2.85. The van der Waals surface area contributed by atoms with Crippen LogP contribution in [0.3, 0.4) is 0 Å². The maximum atomic E-state index is 12.7. The zero-order valence-corrected chi connectivity index (χ0v) is 17.3. The van der Waals surface area contributed by atoms with E-state index in [9.17, 15) is 4.79 Å². The maximum absolute atomic E-state index is 12.7. The molecule has 4 heteroatoms. The molecule has 0 unspecified atom stereocenters. The van der Waals surface area contributed by atoms with Gasteiger partial charge in [0.05, 0.1) is 0 Å². The van der Waals surface area contributed by atoms with Crippen LogP contribution in [0, 0.1) is 13.8 Å². The molecule has 3 aromatic rings. The molecule has 1 saturated heterocycles. The van der Waals surface area contributed by atoms with Crippen molar-refractivity contribution in [3.05, 3.63) is 83.0 Å². The molecular formula is C25H29N3O. The van der Waals surface area contributed by atoms with Crippen LogP contribution in [0.15, 0.2) is 60.7 Å². The summed E-state index contributed by atoms with van der Waals surface area (Å²) in [5.41, 5.74) is 6.97. The van der Waals surface area contributed by atoms with Crippen LogP contribution in [0.2, 0.25) is 0 Å². The van der Waals surface area contributed by atoms with Gasteiger partial charge in [-0.25, -0.2) is 0 Å². The van der Waals surface area contributed by atoms with Crippen molar-refractivity contribution in [1.29, 1.82) is 0 Å². The summed E-state index contributed by atoms with van der Waals surface area (Å²) in [6, 6.07) is 20.6. The molecule has 0 aliphatic carbocycles. The number of rotatable bonds is 5. The number of aromatic nitrogens is 1. The second-order valence-electron chi connectivity index (χ2n) is 7.95. The first-order valence-corrected chi connectivity index (χ1v) is 10.4. The first-order valence-electron chi connectivity index (χ1n) is 10.4. The number of nitrogens with zero attached hydrogens (tertiary/aromatic N) is 2. The Labute approximate surface area is 173 Å². The van der Waals surface area contributed by atoms with Crippen molar-refractivity contribution in [3.63, 3.8) is 0 Å². The average molecular weight is 388 g/mol. The number of nitrogens with one attached hydrogen (secondary N) is 1. The van der Waals surface area contributed by atoms with Crippen molar-refractivity contribution in [1.82, 2.24) is 14.8 Å². The fraction of sp³-hybridized carbons (Fsp3) is 0.320. The van der Waals surface area contributed by atoms with E-state index in [0.717, 1.165) is 50.3 Å². The summed E-state index contributed by atoms with van der Waals surface area (Å²) in [5, 5.41) is 0. The number of benzene rings is 2. The van der Waals surface area contributed by atoms with E-state index in [4.69, 9.17) is 0 Å². The molecule has 4 rings (SSSR count). The smallest absolute Gasteiger partial charge is 0.253 e. The Bertz CT molecular complexity index is 969. The SMILES string of the molecule is Cc1cccc(C(=O)N2CCN(CCc3cc(-c4ccccc4)[nH]c3C)CC2)c1. The highest BCUT2D eigenvalue weighted by atomic mass is 16.2. The minimum absolute atomic E-state index is 0.155. The molecule has 1 aliphatic heterocycles. The number of carbonyl (C=O) groups is 1. The number of aryl methyl sites for hydroxylation is 2. The van der Waals surface area contributed by atoms with E-state index in [1.165, 1.54) is 22.5 Å². The largest absolute Gasteiger partial charge is 0.358 e. The third kappa shape index (κ3) is 4.60. The van der Waals surface area contributed by atoms with E-state index in [1.54, 1.807) is 0 Å². The van der Waals surface area contributed by atoms with Crippen LogP contribution in [-0.2, 0) is 6.42 Å². The fourth-order valence-electron chi connectivity index (χ4n) is 4.05. The van der Waals surface area contributed by atoms with Gasteiger partial charge in [0.2, 0.25) is 0 Å². The van der Waals surface area contributed by atoms with Gasteiger partial charge in [-0.2, -0.15) is 0 Å². The number of aromatic amines is 1. The molecule has 150 valence electrons. The van der Waals surface area contributed by atoms with Gasteiger partial charge in [-0.1, -0.05) is 48.0 Å². The van der Waals surface area contributed by atoms with Crippen molar-refractivity contribution in [2.75, 3.05) is 32.7 Å². The predicted molar refractivity (Wildman–Crippen MR) is 118 cm³/mol. The first-order chi connectivity index (χ1) is 14.1. The molecule has 2 aromatic carbocycles. The van der Waals surface area contributed by atoms with Gasteiger partial charge in [0, 0.05) is 49.7 Å². The molecule has 2 heterocycles. The lowest BCUT2D eigenvalue weighted by molar-refractivity contribution is 0.0638. The van der Waals surface area contributed by atoms with Gasteiger partial charge < -0.3 is 9.88 Å². The lowest BCUT2D eigenvalue weighted by Gasteiger charge is -2.34.